The Morgan fingerprint density at radius 1 is 0.923 bits per heavy atom. The van der Waals surface area contributed by atoms with Gasteiger partial charge in [0.15, 0.2) is 0 Å². The second kappa shape index (κ2) is 7.14. The Kier molecular flexibility index (Phi) is 4.38. The average molecular weight is 342 g/mol. The van der Waals surface area contributed by atoms with Crippen molar-refractivity contribution in [1.82, 2.24) is 25.2 Å². The minimum Gasteiger partial charge on any atom is -0.340 e. The third-order valence-electron chi connectivity index (χ3n) is 4.10. The molecule has 4 aromatic rings. The molecule has 6 nitrogen and oxygen atoms in total. The Morgan fingerprint density at radius 3 is 2.54 bits per heavy atom. The lowest BCUT2D eigenvalue weighted by Gasteiger charge is -2.19. The Labute approximate surface area is 151 Å². The molecule has 0 aliphatic heterocycles. The molecule has 1 N–H and O–H groups in total. The van der Waals surface area contributed by atoms with Crippen molar-refractivity contribution in [3.63, 3.8) is 0 Å². The van der Waals surface area contributed by atoms with Crippen molar-refractivity contribution >= 4 is 5.95 Å². The van der Waals surface area contributed by atoms with Gasteiger partial charge in [0.1, 0.15) is 0 Å². The molecular weight excluding hydrogens is 324 g/mol. The molecule has 1 atom stereocenters. The number of aryl methyl sites for hydroxylation is 1. The lowest BCUT2D eigenvalue weighted by Crippen LogP contribution is -2.17. The van der Waals surface area contributed by atoms with E-state index >= 15 is 0 Å². The number of tetrazole rings is 1. The first-order valence-electron chi connectivity index (χ1n) is 8.39. The molecule has 0 saturated heterocycles. The highest BCUT2D eigenvalue weighted by atomic mass is 15.6. The van der Waals surface area contributed by atoms with Crippen LogP contribution < -0.4 is 5.32 Å². The molecule has 2 aromatic carbocycles. The highest BCUT2D eigenvalue weighted by Crippen LogP contribution is 2.25. The summed E-state index contributed by atoms with van der Waals surface area (Å²) in [7, 11) is 0. The molecule has 2 heterocycles. The molecule has 128 valence electrons. The van der Waals surface area contributed by atoms with Crippen molar-refractivity contribution in [2.24, 2.45) is 0 Å². The van der Waals surface area contributed by atoms with Gasteiger partial charge in [0.25, 0.3) is 0 Å². The molecule has 0 bridgehead atoms. The number of aromatic nitrogens is 5. The lowest BCUT2D eigenvalue weighted by atomic mass is 10.0. The smallest absolute Gasteiger partial charge is 0.248 e. The third-order valence-corrected chi connectivity index (χ3v) is 4.10. The zero-order chi connectivity index (χ0) is 17.8. The van der Waals surface area contributed by atoms with E-state index in [1.165, 1.54) is 5.56 Å². The van der Waals surface area contributed by atoms with Gasteiger partial charge >= 0.3 is 0 Å². The number of anilines is 1. The minimum absolute atomic E-state index is 0.162. The Morgan fingerprint density at radius 2 is 1.77 bits per heavy atom. The van der Waals surface area contributed by atoms with Crippen molar-refractivity contribution in [3.8, 4) is 5.69 Å². The number of hydrogen-bond acceptors (Lipinski definition) is 5. The van der Waals surface area contributed by atoms with Crippen LogP contribution in [-0.4, -0.2) is 25.2 Å². The van der Waals surface area contributed by atoms with Gasteiger partial charge in [-0.15, -0.1) is 0 Å². The SMILES string of the molecule is Cc1cccc(C(Nc2nnnn2-c2ccccc2)c2ccccn2)c1. The summed E-state index contributed by atoms with van der Waals surface area (Å²) >= 11 is 0. The summed E-state index contributed by atoms with van der Waals surface area (Å²) in [5, 5.41) is 15.6. The van der Waals surface area contributed by atoms with Crippen LogP contribution in [0.25, 0.3) is 5.69 Å². The van der Waals surface area contributed by atoms with Gasteiger partial charge in [0, 0.05) is 6.20 Å². The van der Waals surface area contributed by atoms with Gasteiger partial charge in [-0.1, -0.05) is 59.2 Å². The first kappa shape index (κ1) is 16.0. The van der Waals surface area contributed by atoms with E-state index in [0.717, 1.165) is 16.9 Å². The van der Waals surface area contributed by atoms with E-state index in [2.05, 4.69) is 50.9 Å². The Bertz CT molecular complexity index is 981. The number of para-hydroxylation sites is 1. The van der Waals surface area contributed by atoms with Gasteiger partial charge in [-0.25, -0.2) is 0 Å². The molecule has 4 rings (SSSR count). The lowest BCUT2D eigenvalue weighted by molar-refractivity contribution is 0.782. The fourth-order valence-corrected chi connectivity index (χ4v) is 2.87. The maximum Gasteiger partial charge on any atom is 0.248 e. The molecule has 0 aliphatic rings. The zero-order valence-corrected chi connectivity index (χ0v) is 14.3. The molecule has 0 aliphatic carbocycles. The van der Waals surface area contributed by atoms with Crippen molar-refractivity contribution < 1.29 is 0 Å². The van der Waals surface area contributed by atoms with Crippen LogP contribution in [0.1, 0.15) is 22.9 Å². The Balaban J connectivity index is 1.74. The summed E-state index contributed by atoms with van der Waals surface area (Å²) < 4.78 is 1.69. The summed E-state index contributed by atoms with van der Waals surface area (Å²) in [6.07, 6.45) is 1.79. The maximum atomic E-state index is 4.53. The monoisotopic (exact) mass is 342 g/mol. The van der Waals surface area contributed by atoms with Gasteiger partial charge in [-0.05, 0) is 47.2 Å². The number of nitrogens with one attached hydrogen (secondary N) is 1. The molecule has 1 unspecified atom stereocenters. The Hall–Kier alpha value is -3.54. The van der Waals surface area contributed by atoms with E-state index in [4.69, 9.17) is 0 Å². The van der Waals surface area contributed by atoms with Crippen LogP contribution in [0, 0.1) is 6.92 Å². The van der Waals surface area contributed by atoms with Crippen LogP contribution in [0.5, 0.6) is 0 Å². The quantitative estimate of drug-likeness (QED) is 0.600. The highest BCUT2D eigenvalue weighted by Gasteiger charge is 2.19. The fraction of sp³-hybridized carbons (Fsp3) is 0.100. The van der Waals surface area contributed by atoms with Crippen LogP contribution in [-0.2, 0) is 0 Å². The van der Waals surface area contributed by atoms with Gasteiger partial charge in [0.05, 0.1) is 17.4 Å². The van der Waals surface area contributed by atoms with Gasteiger partial charge in [-0.2, -0.15) is 4.68 Å². The fourth-order valence-electron chi connectivity index (χ4n) is 2.87. The molecule has 26 heavy (non-hydrogen) atoms. The van der Waals surface area contributed by atoms with Crippen LogP contribution in [0.2, 0.25) is 0 Å². The van der Waals surface area contributed by atoms with E-state index < -0.39 is 0 Å². The number of pyridine rings is 1. The normalized spacial score (nSPS) is 11.9. The zero-order valence-electron chi connectivity index (χ0n) is 14.3. The maximum absolute atomic E-state index is 4.53. The molecule has 0 saturated carbocycles. The van der Waals surface area contributed by atoms with Crippen molar-refractivity contribution in [1.29, 1.82) is 0 Å². The molecule has 0 spiro atoms. The van der Waals surface area contributed by atoms with Crippen molar-refractivity contribution in [2.75, 3.05) is 5.32 Å². The summed E-state index contributed by atoms with van der Waals surface area (Å²) in [5.41, 5.74) is 4.09. The summed E-state index contributed by atoms with van der Waals surface area (Å²) in [6.45, 7) is 2.08. The van der Waals surface area contributed by atoms with E-state index in [0.29, 0.717) is 5.95 Å². The van der Waals surface area contributed by atoms with E-state index in [1.807, 2.05) is 54.6 Å². The van der Waals surface area contributed by atoms with Crippen LogP contribution in [0.3, 0.4) is 0 Å². The van der Waals surface area contributed by atoms with Gasteiger partial charge in [-0.3, -0.25) is 4.98 Å². The number of benzene rings is 2. The first-order valence-corrected chi connectivity index (χ1v) is 8.39. The summed E-state index contributed by atoms with van der Waals surface area (Å²) in [4.78, 5) is 4.53. The van der Waals surface area contributed by atoms with Crippen LogP contribution >= 0.6 is 0 Å². The minimum atomic E-state index is -0.162. The third kappa shape index (κ3) is 3.30. The second-order valence-electron chi connectivity index (χ2n) is 6.00. The van der Waals surface area contributed by atoms with Crippen LogP contribution in [0.15, 0.2) is 79.0 Å². The van der Waals surface area contributed by atoms with E-state index in [-0.39, 0.29) is 6.04 Å². The van der Waals surface area contributed by atoms with E-state index in [9.17, 15) is 0 Å². The molecule has 0 radical (unpaired) electrons. The first-order chi connectivity index (χ1) is 12.8. The predicted octanol–water partition coefficient (Wildman–Crippen LogP) is 3.57. The van der Waals surface area contributed by atoms with E-state index in [1.54, 1.807) is 10.9 Å². The standard InChI is InChI=1S/C20H18N6/c1-15-8-7-9-16(14-15)19(18-12-5-6-13-21-18)22-20-23-24-25-26(20)17-10-3-2-4-11-17/h2-14,19H,1H3,(H,22,23,25). The molecule has 2 aromatic heterocycles. The van der Waals surface area contributed by atoms with Gasteiger partial charge in [0.2, 0.25) is 5.95 Å². The van der Waals surface area contributed by atoms with Crippen molar-refractivity contribution in [3.05, 3.63) is 95.8 Å². The average Bonchev–Trinajstić information content (AvgIpc) is 3.16. The topological polar surface area (TPSA) is 68.5 Å². The molecular formula is C20H18N6. The number of nitrogens with zero attached hydrogens (tertiary/aromatic N) is 5. The highest BCUT2D eigenvalue weighted by molar-refractivity contribution is 5.43. The van der Waals surface area contributed by atoms with Gasteiger partial charge < -0.3 is 5.32 Å². The predicted molar refractivity (Wildman–Crippen MR) is 100 cm³/mol. The molecule has 0 amide bonds. The second-order valence-corrected chi connectivity index (χ2v) is 6.00. The summed E-state index contributed by atoms with van der Waals surface area (Å²) in [5.74, 6) is 0.563. The largest absolute Gasteiger partial charge is 0.340 e. The van der Waals surface area contributed by atoms with Crippen LogP contribution in [0.4, 0.5) is 5.95 Å². The number of rotatable bonds is 5. The van der Waals surface area contributed by atoms with Crippen molar-refractivity contribution in [2.45, 2.75) is 13.0 Å². The number of hydrogen-bond donors (Lipinski definition) is 1. The molecule has 6 heteroatoms. The summed E-state index contributed by atoms with van der Waals surface area (Å²) in [6, 6.07) is 23.9. The molecule has 0 fully saturated rings.